The van der Waals surface area contributed by atoms with E-state index in [4.69, 9.17) is 0 Å². The second-order valence-electron chi connectivity index (χ2n) is 4.89. The highest BCUT2D eigenvalue weighted by Crippen LogP contribution is 2.17. The van der Waals surface area contributed by atoms with Crippen molar-refractivity contribution >= 4 is 11.9 Å². The lowest BCUT2D eigenvalue weighted by atomic mass is 9.96. The summed E-state index contributed by atoms with van der Waals surface area (Å²) in [4.78, 5) is 29.2. The van der Waals surface area contributed by atoms with Crippen molar-refractivity contribution in [1.29, 1.82) is 0 Å². The largest absolute Gasteiger partial charge is 0.352 e. The van der Waals surface area contributed by atoms with Gasteiger partial charge in [-0.15, -0.1) is 0 Å². The van der Waals surface area contributed by atoms with Gasteiger partial charge in [-0.2, -0.15) is 0 Å². The minimum atomic E-state index is -0.0688. The Labute approximate surface area is 132 Å². The van der Waals surface area contributed by atoms with Crippen LogP contribution in [0.15, 0.2) is 24.5 Å². The quantitative estimate of drug-likeness (QED) is 0.894. The maximum absolute atomic E-state index is 12.1. The third-order valence-corrected chi connectivity index (χ3v) is 3.58. The van der Waals surface area contributed by atoms with E-state index in [0.29, 0.717) is 19.6 Å². The van der Waals surface area contributed by atoms with E-state index in [1.807, 2.05) is 26.0 Å². The fraction of sp³-hybridized carbons (Fsp3) is 0.562. The van der Waals surface area contributed by atoms with Gasteiger partial charge in [0.25, 0.3) is 0 Å². The Balaban J connectivity index is 0.00000116. The van der Waals surface area contributed by atoms with Gasteiger partial charge in [-0.25, -0.2) is 4.79 Å². The van der Waals surface area contributed by atoms with Crippen LogP contribution in [0.5, 0.6) is 0 Å². The number of hydrogen-bond acceptors (Lipinski definition) is 3. The van der Waals surface area contributed by atoms with E-state index in [-0.39, 0.29) is 17.9 Å². The lowest BCUT2D eigenvalue weighted by molar-refractivity contribution is -0.126. The van der Waals surface area contributed by atoms with E-state index in [9.17, 15) is 9.59 Å². The van der Waals surface area contributed by atoms with Crippen LogP contribution in [0.3, 0.4) is 0 Å². The van der Waals surface area contributed by atoms with Gasteiger partial charge in [-0.3, -0.25) is 9.78 Å². The fourth-order valence-corrected chi connectivity index (χ4v) is 2.34. The lowest BCUT2D eigenvalue weighted by Gasteiger charge is -2.30. The molecule has 1 aromatic heterocycles. The molecule has 0 radical (unpaired) electrons. The molecule has 0 spiro atoms. The third kappa shape index (κ3) is 5.35. The number of pyridine rings is 1. The molecule has 1 fully saturated rings. The Morgan fingerprint density at radius 3 is 2.36 bits per heavy atom. The van der Waals surface area contributed by atoms with Crippen LogP contribution in [0.1, 0.15) is 32.3 Å². The van der Waals surface area contributed by atoms with Crippen molar-refractivity contribution in [2.75, 3.05) is 20.1 Å². The molecule has 0 aliphatic carbocycles. The molecule has 1 aliphatic rings. The van der Waals surface area contributed by atoms with E-state index in [2.05, 4.69) is 15.6 Å². The van der Waals surface area contributed by atoms with Crippen LogP contribution in [-0.4, -0.2) is 42.0 Å². The van der Waals surface area contributed by atoms with E-state index in [0.717, 1.165) is 18.4 Å². The predicted molar refractivity (Wildman–Crippen MR) is 86.2 cm³/mol. The molecule has 6 nitrogen and oxygen atoms in total. The highest BCUT2D eigenvalue weighted by atomic mass is 16.2. The normalized spacial score (nSPS) is 14.6. The van der Waals surface area contributed by atoms with E-state index < -0.39 is 0 Å². The fourth-order valence-electron chi connectivity index (χ4n) is 2.34. The van der Waals surface area contributed by atoms with Gasteiger partial charge in [-0.1, -0.05) is 13.8 Å². The lowest BCUT2D eigenvalue weighted by Crippen LogP contribution is -2.45. The van der Waals surface area contributed by atoms with Gasteiger partial charge in [0.05, 0.1) is 0 Å². The molecule has 0 saturated carbocycles. The summed E-state index contributed by atoms with van der Waals surface area (Å²) < 4.78 is 0. The number of rotatable bonds is 3. The molecular formula is C16H26N4O2. The number of hydrogen-bond donors (Lipinski definition) is 2. The van der Waals surface area contributed by atoms with E-state index >= 15 is 0 Å². The SMILES string of the molecule is CC.CNC(=O)N1CCC(C(=O)NCc2ccncc2)CC1. The summed E-state index contributed by atoms with van der Waals surface area (Å²) in [5, 5.41) is 5.55. The Morgan fingerprint density at radius 2 is 1.82 bits per heavy atom. The highest BCUT2D eigenvalue weighted by molar-refractivity contribution is 5.79. The van der Waals surface area contributed by atoms with Crippen LogP contribution in [0.4, 0.5) is 4.79 Å². The molecule has 2 N–H and O–H groups in total. The predicted octanol–water partition coefficient (Wildman–Crippen LogP) is 1.78. The van der Waals surface area contributed by atoms with Crippen LogP contribution in [-0.2, 0) is 11.3 Å². The van der Waals surface area contributed by atoms with Crippen LogP contribution >= 0.6 is 0 Å². The molecule has 3 amide bonds. The zero-order valence-corrected chi connectivity index (χ0v) is 13.6. The molecule has 1 aromatic rings. The van der Waals surface area contributed by atoms with Crippen molar-refractivity contribution in [3.8, 4) is 0 Å². The monoisotopic (exact) mass is 306 g/mol. The number of amides is 3. The van der Waals surface area contributed by atoms with Gasteiger partial charge >= 0.3 is 6.03 Å². The zero-order valence-electron chi connectivity index (χ0n) is 13.6. The Kier molecular flexibility index (Phi) is 7.96. The number of urea groups is 1. The van der Waals surface area contributed by atoms with Crippen LogP contribution in [0.2, 0.25) is 0 Å². The standard InChI is InChI=1S/C14H20N4O2.C2H6/c1-15-14(20)18-8-4-12(5-9-18)13(19)17-10-11-2-6-16-7-3-11;1-2/h2-3,6-7,12H,4-5,8-10H2,1H3,(H,15,20)(H,17,19);1-2H3. The number of carbonyl (C=O) groups excluding carboxylic acids is 2. The van der Waals surface area contributed by atoms with Crippen molar-refractivity contribution in [2.24, 2.45) is 5.92 Å². The minimum Gasteiger partial charge on any atom is -0.352 e. The van der Waals surface area contributed by atoms with Crippen LogP contribution < -0.4 is 10.6 Å². The topological polar surface area (TPSA) is 74.3 Å². The second-order valence-corrected chi connectivity index (χ2v) is 4.89. The molecular weight excluding hydrogens is 280 g/mol. The summed E-state index contributed by atoms with van der Waals surface area (Å²) in [6, 6.07) is 3.70. The molecule has 0 unspecified atom stereocenters. The van der Waals surface area contributed by atoms with Crippen LogP contribution in [0, 0.1) is 5.92 Å². The van der Waals surface area contributed by atoms with Gasteiger partial charge in [0.2, 0.25) is 5.91 Å². The van der Waals surface area contributed by atoms with Gasteiger partial charge in [-0.05, 0) is 30.5 Å². The summed E-state index contributed by atoms with van der Waals surface area (Å²) in [6.45, 7) is 5.79. The van der Waals surface area contributed by atoms with Crippen molar-refractivity contribution in [3.63, 3.8) is 0 Å². The average Bonchev–Trinajstić information content (AvgIpc) is 2.61. The van der Waals surface area contributed by atoms with Crippen molar-refractivity contribution in [1.82, 2.24) is 20.5 Å². The zero-order chi connectivity index (χ0) is 16.4. The van der Waals surface area contributed by atoms with E-state index in [1.165, 1.54) is 0 Å². The van der Waals surface area contributed by atoms with Crippen molar-refractivity contribution in [3.05, 3.63) is 30.1 Å². The molecule has 2 heterocycles. The van der Waals surface area contributed by atoms with Crippen LogP contribution in [0.25, 0.3) is 0 Å². The van der Waals surface area contributed by atoms with Gasteiger partial charge in [0, 0.05) is 45.0 Å². The number of aromatic nitrogens is 1. The Morgan fingerprint density at radius 1 is 1.23 bits per heavy atom. The molecule has 22 heavy (non-hydrogen) atoms. The minimum absolute atomic E-state index is 0.00209. The molecule has 2 rings (SSSR count). The second kappa shape index (κ2) is 9.76. The first kappa shape index (κ1) is 17.9. The summed E-state index contributed by atoms with van der Waals surface area (Å²) >= 11 is 0. The highest BCUT2D eigenvalue weighted by Gasteiger charge is 2.26. The van der Waals surface area contributed by atoms with E-state index in [1.54, 1.807) is 24.3 Å². The average molecular weight is 306 g/mol. The molecule has 1 saturated heterocycles. The molecule has 6 heteroatoms. The molecule has 0 bridgehead atoms. The Bertz CT molecular complexity index is 456. The molecule has 122 valence electrons. The maximum Gasteiger partial charge on any atom is 0.317 e. The van der Waals surface area contributed by atoms with Crippen molar-refractivity contribution < 1.29 is 9.59 Å². The molecule has 1 aliphatic heterocycles. The summed E-state index contributed by atoms with van der Waals surface area (Å²) in [6.07, 6.45) is 4.86. The first-order chi connectivity index (χ1) is 10.7. The number of piperidine rings is 1. The molecule has 0 aromatic carbocycles. The van der Waals surface area contributed by atoms with Gasteiger partial charge in [0.1, 0.15) is 0 Å². The number of nitrogens with one attached hydrogen (secondary N) is 2. The molecule has 0 atom stereocenters. The summed E-state index contributed by atoms with van der Waals surface area (Å²) in [7, 11) is 1.62. The maximum atomic E-state index is 12.1. The third-order valence-electron chi connectivity index (χ3n) is 3.58. The smallest absolute Gasteiger partial charge is 0.317 e. The number of nitrogens with zero attached hydrogens (tertiary/aromatic N) is 2. The first-order valence-electron chi connectivity index (χ1n) is 7.84. The number of carbonyl (C=O) groups is 2. The van der Waals surface area contributed by atoms with Gasteiger partial charge in [0.15, 0.2) is 0 Å². The Hall–Kier alpha value is -2.11. The summed E-state index contributed by atoms with van der Waals surface area (Å²) in [5.74, 6) is 0.0658. The summed E-state index contributed by atoms with van der Waals surface area (Å²) in [5.41, 5.74) is 1.04. The number of likely N-dealkylation sites (tertiary alicyclic amines) is 1. The first-order valence-corrected chi connectivity index (χ1v) is 7.84. The van der Waals surface area contributed by atoms with Gasteiger partial charge < -0.3 is 15.5 Å². The van der Waals surface area contributed by atoms with Crippen molar-refractivity contribution in [2.45, 2.75) is 33.2 Å².